The van der Waals surface area contributed by atoms with E-state index in [1.54, 1.807) is 24.1 Å². The molecule has 0 unspecified atom stereocenters. The van der Waals surface area contributed by atoms with Gasteiger partial charge in [0, 0.05) is 18.7 Å². The number of aliphatic hydroxyl groups excluding tert-OH is 1. The molecule has 1 aliphatic rings. The van der Waals surface area contributed by atoms with Gasteiger partial charge in [-0.1, -0.05) is 6.92 Å². The molecule has 2 heterocycles. The summed E-state index contributed by atoms with van der Waals surface area (Å²) in [4.78, 5) is 9.79. The van der Waals surface area contributed by atoms with Gasteiger partial charge in [-0.3, -0.25) is 0 Å². The fraction of sp³-hybridized carbons (Fsp3) is 0.600. The van der Waals surface area contributed by atoms with Crippen LogP contribution >= 0.6 is 0 Å². The van der Waals surface area contributed by atoms with Crippen LogP contribution in [0.3, 0.4) is 0 Å². The molecule has 1 aromatic heterocycles. The van der Waals surface area contributed by atoms with Crippen LogP contribution in [0.2, 0.25) is 0 Å². The van der Waals surface area contributed by atoms with Crippen LogP contribution < -0.4 is 10.6 Å². The zero-order valence-electron chi connectivity index (χ0n) is 9.05. The van der Waals surface area contributed by atoms with Crippen LogP contribution in [-0.2, 0) is 0 Å². The molecule has 3 N–H and O–H groups in total. The highest BCUT2D eigenvalue weighted by Gasteiger charge is 2.34. The van der Waals surface area contributed by atoms with Crippen molar-refractivity contribution >= 4 is 11.8 Å². The van der Waals surface area contributed by atoms with Gasteiger partial charge in [0.1, 0.15) is 12.0 Å². The molecule has 6 heteroatoms. The SMILES string of the molecule is C[C@@H]1CN(c2nccc(N)n2)C[C@H](F)[C@@H]1O. The van der Waals surface area contributed by atoms with Crippen molar-refractivity contribution < 1.29 is 9.50 Å². The summed E-state index contributed by atoms with van der Waals surface area (Å²) in [7, 11) is 0. The van der Waals surface area contributed by atoms with Gasteiger partial charge in [-0.2, -0.15) is 4.98 Å². The van der Waals surface area contributed by atoms with Gasteiger partial charge in [-0.05, 0) is 6.07 Å². The number of nitrogens with zero attached hydrogens (tertiary/aromatic N) is 3. The quantitative estimate of drug-likeness (QED) is 0.716. The maximum absolute atomic E-state index is 13.5. The first-order valence-corrected chi connectivity index (χ1v) is 5.23. The van der Waals surface area contributed by atoms with E-state index < -0.39 is 12.3 Å². The summed E-state index contributed by atoms with van der Waals surface area (Å²) in [6, 6.07) is 1.58. The Hall–Kier alpha value is -1.43. The number of alkyl halides is 1. The molecule has 0 spiro atoms. The number of aromatic nitrogens is 2. The standard InChI is InChI=1S/C10H15FN4O/c1-6-4-15(5-7(11)9(6)16)10-13-3-2-8(12)14-10/h2-3,6-7,9,16H,4-5H2,1H3,(H2,12,13,14)/t6-,7+,9-/m1/s1. The summed E-state index contributed by atoms with van der Waals surface area (Å²) >= 11 is 0. The van der Waals surface area contributed by atoms with E-state index in [0.717, 1.165) is 0 Å². The molecule has 3 atom stereocenters. The molecular formula is C10H15FN4O. The second-order valence-corrected chi connectivity index (χ2v) is 4.17. The lowest BCUT2D eigenvalue weighted by molar-refractivity contribution is 0.0238. The summed E-state index contributed by atoms with van der Waals surface area (Å²) in [5.74, 6) is 0.634. The van der Waals surface area contributed by atoms with Gasteiger partial charge in [0.15, 0.2) is 0 Å². The smallest absolute Gasteiger partial charge is 0.227 e. The maximum atomic E-state index is 13.5. The number of nitrogen functional groups attached to an aromatic ring is 1. The second kappa shape index (κ2) is 4.21. The lowest BCUT2D eigenvalue weighted by atomic mass is 9.95. The zero-order chi connectivity index (χ0) is 11.7. The van der Waals surface area contributed by atoms with Crippen LogP contribution in [0.4, 0.5) is 16.2 Å². The zero-order valence-corrected chi connectivity index (χ0v) is 9.05. The summed E-state index contributed by atoms with van der Waals surface area (Å²) in [6.45, 7) is 2.44. The van der Waals surface area contributed by atoms with Crippen molar-refractivity contribution in [1.82, 2.24) is 9.97 Å². The number of piperidine rings is 1. The normalized spacial score (nSPS) is 30.4. The number of nitrogens with two attached hydrogens (primary N) is 1. The Bertz CT molecular complexity index is 364. The van der Waals surface area contributed by atoms with Crippen LogP contribution in [0.15, 0.2) is 12.3 Å². The van der Waals surface area contributed by atoms with E-state index in [0.29, 0.717) is 18.3 Å². The van der Waals surface area contributed by atoms with Crippen LogP contribution in [0, 0.1) is 5.92 Å². The van der Waals surface area contributed by atoms with E-state index in [2.05, 4.69) is 9.97 Å². The first kappa shape index (κ1) is 11.1. The van der Waals surface area contributed by atoms with Gasteiger partial charge in [0.2, 0.25) is 5.95 Å². The number of hydrogen-bond acceptors (Lipinski definition) is 5. The molecule has 0 aliphatic carbocycles. The van der Waals surface area contributed by atoms with E-state index in [-0.39, 0.29) is 12.5 Å². The molecule has 2 rings (SSSR count). The second-order valence-electron chi connectivity index (χ2n) is 4.17. The predicted octanol–water partition coefficient (Wildman–Crippen LogP) is 0.214. The van der Waals surface area contributed by atoms with Gasteiger partial charge >= 0.3 is 0 Å². The molecule has 88 valence electrons. The highest BCUT2D eigenvalue weighted by Crippen LogP contribution is 2.22. The largest absolute Gasteiger partial charge is 0.390 e. The molecule has 16 heavy (non-hydrogen) atoms. The summed E-state index contributed by atoms with van der Waals surface area (Å²) in [6.07, 6.45) is -0.633. The van der Waals surface area contributed by atoms with Crippen LogP contribution in [0.1, 0.15) is 6.92 Å². The Morgan fingerprint density at radius 3 is 2.94 bits per heavy atom. The average Bonchev–Trinajstić information content (AvgIpc) is 2.25. The van der Waals surface area contributed by atoms with Gasteiger partial charge in [0.25, 0.3) is 0 Å². The predicted molar refractivity (Wildman–Crippen MR) is 58.7 cm³/mol. The molecule has 0 radical (unpaired) electrons. The Balaban J connectivity index is 2.17. The summed E-state index contributed by atoms with van der Waals surface area (Å²) in [5.41, 5.74) is 5.54. The number of rotatable bonds is 1. The molecule has 1 fully saturated rings. The van der Waals surface area contributed by atoms with Crippen LogP contribution in [-0.4, -0.2) is 40.4 Å². The van der Waals surface area contributed by atoms with E-state index >= 15 is 0 Å². The number of aliphatic hydroxyl groups is 1. The Kier molecular flexibility index (Phi) is 2.91. The minimum Gasteiger partial charge on any atom is -0.390 e. The maximum Gasteiger partial charge on any atom is 0.227 e. The number of hydrogen-bond donors (Lipinski definition) is 2. The van der Waals surface area contributed by atoms with Gasteiger partial charge in [-0.25, -0.2) is 9.37 Å². The minimum absolute atomic E-state index is 0.106. The van der Waals surface area contributed by atoms with Crippen molar-refractivity contribution in [2.45, 2.75) is 19.2 Å². The van der Waals surface area contributed by atoms with Gasteiger partial charge in [0.05, 0.1) is 12.6 Å². The number of anilines is 2. The molecule has 5 nitrogen and oxygen atoms in total. The molecule has 0 bridgehead atoms. The fourth-order valence-corrected chi connectivity index (χ4v) is 1.88. The summed E-state index contributed by atoms with van der Waals surface area (Å²) < 4.78 is 13.5. The Morgan fingerprint density at radius 2 is 2.31 bits per heavy atom. The van der Waals surface area contributed by atoms with Crippen LogP contribution in [0.25, 0.3) is 0 Å². The van der Waals surface area contributed by atoms with Crippen molar-refractivity contribution in [3.63, 3.8) is 0 Å². The van der Waals surface area contributed by atoms with E-state index in [1.807, 2.05) is 0 Å². The lowest BCUT2D eigenvalue weighted by Gasteiger charge is -2.36. The summed E-state index contributed by atoms with van der Waals surface area (Å²) in [5, 5.41) is 9.50. The average molecular weight is 226 g/mol. The van der Waals surface area contributed by atoms with Crippen molar-refractivity contribution in [1.29, 1.82) is 0 Å². The van der Waals surface area contributed by atoms with Crippen molar-refractivity contribution in [3.8, 4) is 0 Å². The molecule has 0 aromatic carbocycles. The first-order valence-electron chi connectivity index (χ1n) is 5.23. The third kappa shape index (κ3) is 2.06. The topological polar surface area (TPSA) is 75.3 Å². The highest BCUT2D eigenvalue weighted by atomic mass is 19.1. The van der Waals surface area contributed by atoms with E-state index in [9.17, 15) is 9.50 Å². The van der Waals surface area contributed by atoms with Crippen molar-refractivity contribution in [2.75, 3.05) is 23.7 Å². The van der Waals surface area contributed by atoms with E-state index in [4.69, 9.17) is 5.73 Å². The van der Waals surface area contributed by atoms with Crippen molar-refractivity contribution in [2.24, 2.45) is 5.92 Å². The third-order valence-electron chi connectivity index (χ3n) is 2.80. The molecule has 1 aliphatic heterocycles. The Morgan fingerprint density at radius 1 is 1.56 bits per heavy atom. The molecule has 0 saturated carbocycles. The number of halogens is 1. The van der Waals surface area contributed by atoms with Crippen LogP contribution in [0.5, 0.6) is 0 Å². The minimum atomic E-state index is -1.27. The molecule has 0 amide bonds. The highest BCUT2D eigenvalue weighted by molar-refractivity contribution is 5.38. The first-order chi connectivity index (χ1) is 7.58. The Labute approximate surface area is 93.1 Å². The lowest BCUT2D eigenvalue weighted by Crippen LogP contribution is -2.50. The molecular weight excluding hydrogens is 211 g/mol. The van der Waals surface area contributed by atoms with Gasteiger partial charge < -0.3 is 15.7 Å². The van der Waals surface area contributed by atoms with Crippen molar-refractivity contribution in [3.05, 3.63) is 12.3 Å². The van der Waals surface area contributed by atoms with E-state index in [1.165, 1.54) is 0 Å². The van der Waals surface area contributed by atoms with Gasteiger partial charge in [-0.15, -0.1) is 0 Å². The molecule has 1 aromatic rings. The third-order valence-corrected chi connectivity index (χ3v) is 2.80. The fourth-order valence-electron chi connectivity index (χ4n) is 1.88. The monoisotopic (exact) mass is 226 g/mol. The molecule has 1 saturated heterocycles.